The maximum atomic E-state index is 17.3. The van der Waals surface area contributed by atoms with Crippen LogP contribution in [0.1, 0.15) is 114 Å². The van der Waals surface area contributed by atoms with Gasteiger partial charge in [-0.3, -0.25) is 33.9 Å². The lowest BCUT2D eigenvalue weighted by Gasteiger charge is -2.60. The van der Waals surface area contributed by atoms with Crippen molar-refractivity contribution < 1.29 is 42.9 Å². The number of imide groups is 1. The van der Waals surface area contributed by atoms with Crippen molar-refractivity contribution >= 4 is 56.4 Å². The van der Waals surface area contributed by atoms with Crippen molar-refractivity contribution in [2.24, 2.45) is 18.4 Å². The number of likely N-dealkylation sites (tertiary alicyclic amines) is 2. The standard InChI is InChI=1S/C60H70F2N10O8/c1-4-41-44(61)9-7-37-23-40(73)25-42(49(37)41)51-50(62)52-43(28-63-51)53(70-19-5-16-58(2,78)31-70)66-55(65-52)80-34-60-17-6-20-71(60)39(13-18-60)30-79-57(77)69-21-14-35(15-22-69)29-68-32-59(33-68)26-38(27-59)36-8-10-45-47(24-36)67(3)56(76)72(45)46-11-12-48(74)64-54(46)75/h7-10,23-25,28,35,38-39,46,73,78H,4-6,11-22,26-27,29-34H2,1-3H3,(H,64,74,75)/t39-,46?,58+,60-/m0/s1. The number of aliphatic hydroxyl groups is 1. The molecule has 1 spiro atoms. The first kappa shape index (κ1) is 52.6. The summed E-state index contributed by atoms with van der Waals surface area (Å²) in [4.78, 5) is 74.3. The number of hydrogen-bond acceptors (Lipinski definition) is 14. The molecule has 6 aliphatic heterocycles. The lowest BCUT2D eigenvalue weighted by molar-refractivity contribution is -0.135. The van der Waals surface area contributed by atoms with E-state index in [2.05, 4.69) is 32.2 Å². The highest BCUT2D eigenvalue weighted by Gasteiger charge is 2.53. The molecule has 0 bridgehead atoms. The lowest BCUT2D eigenvalue weighted by Crippen LogP contribution is -2.62. The quantitative estimate of drug-likeness (QED) is 0.102. The second-order valence-electron chi connectivity index (χ2n) is 24.7. The van der Waals surface area contributed by atoms with Crippen molar-refractivity contribution in [1.82, 2.24) is 44.1 Å². The Labute approximate surface area is 462 Å². The van der Waals surface area contributed by atoms with Gasteiger partial charge in [0.1, 0.15) is 47.9 Å². The van der Waals surface area contributed by atoms with Crippen molar-refractivity contribution in [3.05, 3.63) is 81.9 Å². The Morgan fingerprint density at radius 3 is 2.49 bits per heavy atom. The number of phenolic OH excluding ortho intramolecular Hbond substituents is 1. The number of carbonyl (C=O) groups excluding carboxylic acids is 3. The molecule has 1 saturated carbocycles. The number of ether oxygens (including phenoxy) is 2. The van der Waals surface area contributed by atoms with Crippen LogP contribution in [-0.2, 0) is 27.8 Å². The molecule has 20 heteroatoms. The summed E-state index contributed by atoms with van der Waals surface area (Å²) >= 11 is 0. The van der Waals surface area contributed by atoms with Crippen LogP contribution in [0.25, 0.3) is 44.0 Å². The number of fused-ring (bicyclic) bond motifs is 4. The molecule has 6 aromatic rings. The Balaban J connectivity index is 0.616. The molecule has 3 N–H and O–H groups in total. The third-order valence-electron chi connectivity index (χ3n) is 19.3. The Morgan fingerprint density at radius 2 is 1.71 bits per heavy atom. The SMILES string of the molecule is CCc1c(F)ccc2cc(O)cc(-c3ncc4c(N5CCC[C@@](C)(O)C5)nc(OC[C@@]56CCCN5[C@H](COC(=O)N5CCC(CN7CC8(CC(c9ccc%10c(c9)n(C)c(=O)n%10C9CCC(=O)NC9=O)C8)C7)CC5)CC6)nc4c3F)c12. The smallest absolute Gasteiger partial charge is 0.409 e. The number of imidazole rings is 1. The molecule has 0 radical (unpaired) electrons. The van der Waals surface area contributed by atoms with Crippen molar-refractivity contribution in [3.8, 4) is 23.0 Å². The number of aryl methyl sites for hydroxylation is 2. The molecule has 13 rings (SSSR count). The van der Waals surface area contributed by atoms with Crippen LogP contribution in [0.2, 0.25) is 0 Å². The van der Waals surface area contributed by atoms with Gasteiger partial charge in [-0.2, -0.15) is 9.97 Å². The maximum Gasteiger partial charge on any atom is 0.409 e. The first-order valence-electron chi connectivity index (χ1n) is 28.8. The van der Waals surface area contributed by atoms with E-state index in [0.29, 0.717) is 95.6 Å². The highest BCUT2D eigenvalue weighted by molar-refractivity contribution is 6.02. The molecule has 18 nitrogen and oxygen atoms in total. The first-order chi connectivity index (χ1) is 38.5. The maximum absolute atomic E-state index is 17.3. The molecule has 422 valence electrons. The van der Waals surface area contributed by atoms with Crippen LogP contribution in [0.15, 0.2) is 53.5 Å². The number of aromatic nitrogens is 5. The number of hydrogen-bond donors (Lipinski definition) is 3. The van der Waals surface area contributed by atoms with Crippen LogP contribution in [0.4, 0.5) is 19.4 Å². The largest absolute Gasteiger partial charge is 0.508 e. The third-order valence-corrected chi connectivity index (χ3v) is 19.3. The molecule has 1 aliphatic carbocycles. The normalized spacial score (nSPS) is 25.6. The van der Waals surface area contributed by atoms with Gasteiger partial charge in [-0.1, -0.05) is 19.1 Å². The predicted octanol–water partition coefficient (Wildman–Crippen LogP) is 7.48. The van der Waals surface area contributed by atoms with Gasteiger partial charge in [-0.15, -0.1) is 0 Å². The van der Waals surface area contributed by atoms with Crippen LogP contribution in [0.3, 0.4) is 0 Å². The van der Waals surface area contributed by atoms with Crippen LogP contribution in [0.5, 0.6) is 11.8 Å². The van der Waals surface area contributed by atoms with Crippen molar-refractivity contribution in [2.75, 3.05) is 70.5 Å². The summed E-state index contributed by atoms with van der Waals surface area (Å²) in [6.45, 7) is 10.3. The van der Waals surface area contributed by atoms with E-state index < -0.39 is 29.2 Å². The van der Waals surface area contributed by atoms with Gasteiger partial charge in [0.2, 0.25) is 11.8 Å². The Morgan fingerprint density at radius 1 is 0.912 bits per heavy atom. The number of benzene rings is 3. The fourth-order valence-electron chi connectivity index (χ4n) is 15.2. The Hall–Kier alpha value is -6.77. The number of pyridine rings is 1. The second-order valence-corrected chi connectivity index (χ2v) is 24.7. The minimum Gasteiger partial charge on any atom is -0.508 e. The number of nitrogens with zero attached hydrogens (tertiary/aromatic N) is 9. The fraction of sp³-hybridized carbons (Fsp3) is 0.550. The lowest BCUT2D eigenvalue weighted by atomic mass is 9.56. The van der Waals surface area contributed by atoms with Crippen molar-refractivity contribution in [3.63, 3.8) is 0 Å². The number of amides is 3. The predicted molar refractivity (Wildman–Crippen MR) is 296 cm³/mol. The second kappa shape index (κ2) is 20.0. The van der Waals surface area contributed by atoms with Gasteiger partial charge in [-0.25, -0.2) is 18.4 Å². The molecule has 7 aliphatic rings. The van der Waals surface area contributed by atoms with E-state index in [9.17, 15) is 29.4 Å². The average Bonchev–Trinajstić information content (AvgIpc) is 4.16. The van der Waals surface area contributed by atoms with E-state index in [1.54, 1.807) is 24.6 Å². The molecule has 4 atom stereocenters. The summed E-state index contributed by atoms with van der Waals surface area (Å²) in [5, 5.41) is 25.7. The van der Waals surface area contributed by atoms with Crippen molar-refractivity contribution in [2.45, 2.75) is 126 Å². The number of halogens is 2. The van der Waals surface area contributed by atoms with Gasteiger partial charge in [0, 0.05) is 77.1 Å². The molecule has 3 aromatic heterocycles. The Kier molecular flexibility index (Phi) is 13.2. The van der Waals surface area contributed by atoms with Gasteiger partial charge in [0.15, 0.2) is 5.82 Å². The van der Waals surface area contributed by atoms with Crippen LogP contribution < -0.4 is 20.6 Å². The molecule has 6 saturated heterocycles. The first-order valence-corrected chi connectivity index (χ1v) is 28.8. The van der Waals surface area contributed by atoms with Crippen LogP contribution >= 0.6 is 0 Å². The van der Waals surface area contributed by atoms with E-state index in [0.717, 1.165) is 83.1 Å². The fourth-order valence-corrected chi connectivity index (χ4v) is 15.2. The summed E-state index contributed by atoms with van der Waals surface area (Å²) < 4.78 is 48.3. The number of phenols is 1. The summed E-state index contributed by atoms with van der Waals surface area (Å²) in [6.07, 6.45) is 10.9. The van der Waals surface area contributed by atoms with E-state index in [1.165, 1.54) is 34.5 Å². The molecule has 3 amide bonds. The molecule has 9 heterocycles. The van der Waals surface area contributed by atoms with Gasteiger partial charge >= 0.3 is 17.8 Å². The zero-order chi connectivity index (χ0) is 55.4. The number of piperidine rings is 3. The molecule has 7 fully saturated rings. The van der Waals surface area contributed by atoms with Gasteiger partial charge < -0.3 is 34.4 Å². The van der Waals surface area contributed by atoms with Gasteiger partial charge in [-0.05, 0) is 160 Å². The average molecular weight is 1100 g/mol. The number of nitrogens with one attached hydrogen (secondary N) is 1. The summed E-state index contributed by atoms with van der Waals surface area (Å²) in [5.74, 6) is -0.709. The molecule has 3 aromatic carbocycles. The Bertz CT molecular complexity index is 3550. The highest BCUT2D eigenvalue weighted by Crippen LogP contribution is 2.56. The number of rotatable bonds is 12. The topological polar surface area (TPSA) is 201 Å². The van der Waals surface area contributed by atoms with Crippen molar-refractivity contribution in [1.29, 1.82) is 0 Å². The van der Waals surface area contributed by atoms with E-state index in [4.69, 9.17) is 19.4 Å². The number of aromatic hydroxyl groups is 1. The third kappa shape index (κ3) is 9.22. The highest BCUT2D eigenvalue weighted by atomic mass is 19.1. The molecule has 80 heavy (non-hydrogen) atoms. The molecule has 1 unspecified atom stereocenters. The molecular formula is C60H70F2N10O8. The summed E-state index contributed by atoms with van der Waals surface area (Å²) in [5.41, 5.74) is 1.95. The summed E-state index contributed by atoms with van der Waals surface area (Å²) in [6, 6.07) is 11.3. The number of carbonyl (C=O) groups is 3. The van der Waals surface area contributed by atoms with Crippen LogP contribution in [0, 0.1) is 23.0 Å². The van der Waals surface area contributed by atoms with Gasteiger partial charge in [0.05, 0.1) is 27.6 Å². The van der Waals surface area contributed by atoms with E-state index >= 15 is 8.78 Å². The minimum absolute atomic E-state index is 0.0111. The zero-order valence-corrected chi connectivity index (χ0v) is 45.8. The van der Waals surface area contributed by atoms with Crippen LogP contribution in [-0.4, -0.2) is 150 Å². The number of β-amino-alcohol motifs (C(OH)–C–C–N with tert-alkyl or cyclic N) is 1. The van der Waals surface area contributed by atoms with E-state index in [-0.39, 0.29) is 84.0 Å². The monoisotopic (exact) mass is 1100 g/mol. The number of anilines is 1. The zero-order valence-electron chi connectivity index (χ0n) is 45.8. The minimum atomic E-state index is -1.00. The molecular weight excluding hydrogens is 1030 g/mol. The van der Waals surface area contributed by atoms with Gasteiger partial charge in [0.25, 0.3) is 0 Å². The van der Waals surface area contributed by atoms with E-state index in [1.807, 2.05) is 22.8 Å². The summed E-state index contributed by atoms with van der Waals surface area (Å²) in [7, 11) is 1.74.